The quantitative estimate of drug-likeness (QED) is 0.418. The molecule has 0 amide bonds. The zero-order valence-electron chi connectivity index (χ0n) is 13.8. The smallest absolute Gasteiger partial charge is 0.191 e. The first-order valence-electron chi connectivity index (χ1n) is 7.52. The van der Waals surface area contributed by atoms with Crippen molar-refractivity contribution in [3.05, 3.63) is 70.8 Å². The Bertz CT molecular complexity index is 672. The van der Waals surface area contributed by atoms with Crippen molar-refractivity contribution < 1.29 is 8.78 Å². The van der Waals surface area contributed by atoms with Gasteiger partial charge in [-0.1, -0.05) is 29.8 Å². The van der Waals surface area contributed by atoms with Gasteiger partial charge in [0.15, 0.2) is 5.96 Å². The van der Waals surface area contributed by atoms with E-state index in [0.29, 0.717) is 12.5 Å². The summed E-state index contributed by atoms with van der Waals surface area (Å²) in [6, 6.07) is 11.8. The highest BCUT2D eigenvalue weighted by atomic mass is 127. The minimum absolute atomic E-state index is 0. The molecule has 0 aliphatic heterocycles. The van der Waals surface area contributed by atoms with Gasteiger partial charge < -0.3 is 10.6 Å². The summed E-state index contributed by atoms with van der Waals surface area (Å²) in [5, 5.41) is 6.14. The number of aliphatic imine (C=N–C) groups is 1. The van der Waals surface area contributed by atoms with Crippen molar-refractivity contribution >= 4 is 29.9 Å². The highest BCUT2D eigenvalue weighted by Crippen LogP contribution is 2.09. The predicted octanol–water partition coefficient (Wildman–Crippen LogP) is 3.80. The summed E-state index contributed by atoms with van der Waals surface area (Å²) in [4.78, 5) is 4.08. The molecule has 0 aliphatic carbocycles. The fourth-order valence-electron chi connectivity index (χ4n) is 2.16. The first-order valence-corrected chi connectivity index (χ1v) is 7.52. The van der Waals surface area contributed by atoms with Gasteiger partial charge in [-0.3, -0.25) is 4.99 Å². The predicted molar refractivity (Wildman–Crippen MR) is 105 cm³/mol. The van der Waals surface area contributed by atoms with Gasteiger partial charge in [-0.25, -0.2) is 8.78 Å². The number of nitrogens with one attached hydrogen (secondary N) is 2. The zero-order chi connectivity index (χ0) is 16.7. The Labute approximate surface area is 158 Å². The molecule has 2 rings (SSSR count). The number of rotatable bonds is 5. The average Bonchev–Trinajstić information content (AvgIpc) is 2.55. The van der Waals surface area contributed by atoms with Gasteiger partial charge in [0, 0.05) is 25.7 Å². The van der Waals surface area contributed by atoms with E-state index in [1.165, 1.54) is 17.2 Å². The maximum atomic E-state index is 13.6. The lowest BCUT2D eigenvalue weighted by molar-refractivity contribution is 0.581. The standard InChI is InChI=1S/C18H21F2N3.HI/c1-13-3-5-14(6-4-13)9-10-22-18(21-2)23-12-15-11-16(19)7-8-17(15)20;/h3-8,11H,9-10,12H2,1-2H3,(H2,21,22,23);1H. The minimum atomic E-state index is -0.453. The lowest BCUT2D eigenvalue weighted by Gasteiger charge is -2.12. The van der Waals surface area contributed by atoms with Crippen molar-refractivity contribution in [3.8, 4) is 0 Å². The number of nitrogens with zero attached hydrogens (tertiary/aromatic N) is 1. The summed E-state index contributed by atoms with van der Waals surface area (Å²) in [5.41, 5.74) is 2.73. The first-order chi connectivity index (χ1) is 11.1. The number of halogens is 3. The van der Waals surface area contributed by atoms with Crippen LogP contribution in [0.3, 0.4) is 0 Å². The molecule has 0 aromatic heterocycles. The maximum Gasteiger partial charge on any atom is 0.191 e. The summed E-state index contributed by atoms with van der Waals surface area (Å²) in [6.45, 7) is 2.93. The molecule has 0 saturated carbocycles. The van der Waals surface area contributed by atoms with E-state index < -0.39 is 11.6 Å². The summed E-state index contributed by atoms with van der Waals surface area (Å²) in [5.74, 6) is -0.333. The average molecular weight is 445 g/mol. The number of aryl methyl sites for hydroxylation is 1. The van der Waals surface area contributed by atoms with Gasteiger partial charge >= 0.3 is 0 Å². The van der Waals surface area contributed by atoms with Crippen molar-refractivity contribution in [2.75, 3.05) is 13.6 Å². The molecule has 0 saturated heterocycles. The second-order valence-corrected chi connectivity index (χ2v) is 5.32. The van der Waals surface area contributed by atoms with E-state index in [2.05, 4.69) is 46.8 Å². The molecule has 0 heterocycles. The summed E-state index contributed by atoms with van der Waals surface area (Å²) in [7, 11) is 1.64. The van der Waals surface area contributed by atoms with Crippen molar-refractivity contribution in [2.24, 2.45) is 4.99 Å². The third-order valence-corrected chi connectivity index (χ3v) is 3.50. The van der Waals surface area contributed by atoms with Crippen LogP contribution < -0.4 is 10.6 Å². The third-order valence-electron chi connectivity index (χ3n) is 3.50. The fourth-order valence-corrected chi connectivity index (χ4v) is 2.16. The van der Waals surface area contributed by atoms with E-state index in [4.69, 9.17) is 0 Å². The lowest BCUT2D eigenvalue weighted by atomic mass is 10.1. The number of hydrogen-bond donors (Lipinski definition) is 2. The van der Waals surface area contributed by atoms with Crippen LogP contribution >= 0.6 is 24.0 Å². The maximum absolute atomic E-state index is 13.6. The van der Waals surface area contributed by atoms with E-state index in [9.17, 15) is 8.78 Å². The molecule has 24 heavy (non-hydrogen) atoms. The molecule has 2 aromatic rings. The minimum Gasteiger partial charge on any atom is -0.356 e. The Morgan fingerprint density at radius 3 is 2.42 bits per heavy atom. The molecule has 0 atom stereocenters. The van der Waals surface area contributed by atoms with E-state index in [-0.39, 0.29) is 36.1 Å². The largest absolute Gasteiger partial charge is 0.356 e. The topological polar surface area (TPSA) is 36.4 Å². The van der Waals surface area contributed by atoms with Crippen LogP contribution in [0.1, 0.15) is 16.7 Å². The van der Waals surface area contributed by atoms with Crippen molar-refractivity contribution in [1.29, 1.82) is 0 Å². The van der Waals surface area contributed by atoms with Crippen LogP contribution in [0.4, 0.5) is 8.78 Å². The van der Waals surface area contributed by atoms with Gasteiger partial charge in [-0.15, -0.1) is 24.0 Å². The Morgan fingerprint density at radius 2 is 1.75 bits per heavy atom. The summed E-state index contributed by atoms with van der Waals surface area (Å²) >= 11 is 0. The first kappa shape index (κ1) is 20.3. The van der Waals surface area contributed by atoms with Crippen molar-refractivity contribution in [2.45, 2.75) is 19.9 Å². The molecule has 0 radical (unpaired) electrons. The van der Waals surface area contributed by atoms with Gasteiger partial charge in [0.05, 0.1) is 0 Å². The van der Waals surface area contributed by atoms with Gasteiger partial charge in [0.25, 0.3) is 0 Å². The van der Waals surface area contributed by atoms with Crippen LogP contribution in [0.5, 0.6) is 0 Å². The number of guanidine groups is 1. The molecule has 0 unspecified atom stereocenters. The summed E-state index contributed by atoms with van der Waals surface area (Å²) in [6.07, 6.45) is 0.856. The fraction of sp³-hybridized carbons (Fsp3) is 0.278. The Kier molecular flexibility index (Phi) is 8.67. The molecule has 0 aliphatic rings. The molecule has 6 heteroatoms. The highest BCUT2D eigenvalue weighted by Gasteiger charge is 2.05. The normalized spacial score (nSPS) is 10.9. The van der Waals surface area contributed by atoms with E-state index in [1.807, 2.05) is 0 Å². The van der Waals surface area contributed by atoms with Gasteiger partial charge in [0.1, 0.15) is 11.6 Å². The lowest BCUT2D eigenvalue weighted by Crippen LogP contribution is -2.38. The second-order valence-electron chi connectivity index (χ2n) is 5.32. The molecular weight excluding hydrogens is 423 g/mol. The van der Waals surface area contributed by atoms with Crippen LogP contribution in [-0.2, 0) is 13.0 Å². The third kappa shape index (κ3) is 6.43. The van der Waals surface area contributed by atoms with Gasteiger partial charge in [-0.05, 0) is 37.1 Å². The Morgan fingerprint density at radius 1 is 1.04 bits per heavy atom. The molecule has 2 N–H and O–H groups in total. The van der Waals surface area contributed by atoms with Crippen LogP contribution in [0.15, 0.2) is 47.5 Å². The van der Waals surface area contributed by atoms with Gasteiger partial charge in [-0.2, -0.15) is 0 Å². The molecule has 0 spiro atoms. The molecule has 3 nitrogen and oxygen atoms in total. The van der Waals surface area contributed by atoms with E-state index >= 15 is 0 Å². The monoisotopic (exact) mass is 445 g/mol. The molecule has 0 bridgehead atoms. The van der Waals surface area contributed by atoms with E-state index in [0.717, 1.165) is 18.6 Å². The van der Waals surface area contributed by atoms with Crippen LogP contribution in [0.25, 0.3) is 0 Å². The number of hydrogen-bond acceptors (Lipinski definition) is 1. The Hall–Kier alpha value is -1.70. The SMILES string of the molecule is CN=C(NCCc1ccc(C)cc1)NCc1cc(F)ccc1F.I. The van der Waals surface area contributed by atoms with Crippen molar-refractivity contribution in [1.82, 2.24) is 10.6 Å². The highest BCUT2D eigenvalue weighted by molar-refractivity contribution is 14.0. The molecular formula is C18H22F2IN3. The Balaban J connectivity index is 0.00000288. The van der Waals surface area contributed by atoms with Crippen LogP contribution in [-0.4, -0.2) is 19.6 Å². The number of benzene rings is 2. The molecule has 2 aromatic carbocycles. The van der Waals surface area contributed by atoms with Crippen LogP contribution in [0.2, 0.25) is 0 Å². The summed E-state index contributed by atoms with van der Waals surface area (Å²) < 4.78 is 26.7. The second kappa shape index (κ2) is 10.2. The molecule has 0 fully saturated rings. The zero-order valence-corrected chi connectivity index (χ0v) is 16.1. The van der Waals surface area contributed by atoms with Crippen LogP contribution in [0, 0.1) is 18.6 Å². The van der Waals surface area contributed by atoms with E-state index in [1.54, 1.807) is 7.05 Å². The van der Waals surface area contributed by atoms with Gasteiger partial charge in [0.2, 0.25) is 0 Å². The molecule has 130 valence electrons. The van der Waals surface area contributed by atoms with Crippen molar-refractivity contribution in [3.63, 3.8) is 0 Å².